The number of nitrogens with zero attached hydrogens (tertiary/aromatic N) is 5. The Morgan fingerprint density at radius 1 is 1.16 bits per heavy atom. The number of carbonyl (C=O) groups excluding carboxylic acids is 1. The van der Waals surface area contributed by atoms with E-state index in [0.29, 0.717) is 18.7 Å². The van der Waals surface area contributed by atoms with Crippen molar-refractivity contribution in [1.82, 2.24) is 19.5 Å². The van der Waals surface area contributed by atoms with Crippen molar-refractivity contribution in [1.29, 1.82) is 0 Å². The van der Waals surface area contributed by atoms with Crippen molar-refractivity contribution in [2.24, 2.45) is 5.92 Å². The highest BCUT2D eigenvalue weighted by molar-refractivity contribution is 5.95. The molecular formula is C27H31N5O5. The summed E-state index contributed by atoms with van der Waals surface area (Å²) in [5.41, 5.74) is 3.00. The molecule has 10 heteroatoms. The van der Waals surface area contributed by atoms with Gasteiger partial charge in [0.1, 0.15) is 0 Å². The number of imidazole rings is 1. The van der Waals surface area contributed by atoms with Crippen LogP contribution in [-0.2, 0) is 21.6 Å². The lowest BCUT2D eigenvalue weighted by atomic mass is 9.85. The fourth-order valence-corrected chi connectivity index (χ4v) is 6.11. The van der Waals surface area contributed by atoms with Gasteiger partial charge in [-0.2, -0.15) is 0 Å². The molecule has 3 heterocycles. The molecule has 10 nitrogen and oxygen atoms in total. The highest BCUT2D eigenvalue weighted by atomic mass is 16.5. The maximum absolute atomic E-state index is 12.7. The second-order valence-corrected chi connectivity index (χ2v) is 10.5. The number of carboxylic acids is 1. The summed E-state index contributed by atoms with van der Waals surface area (Å²) < 4.78 is 13.7. The molecule has 3 atom stereocenters. The van der Waals surface area contributed by atoms with Crippen LogP contribution >= 0.6 is 0 Å². The second-order valence-electron chi connectivity index (χ2n) is 10.5. The van der Waals surface area contributed by atoms with Gasteiger partial charge in [0.25, 0.3) is 0 Å². The number of rotatable bonds is 5. The number of benzene rings is 1. The van der Waals surface area contributed by atoms with Crippen LogP contribution in [0.2, 0.25) is 0 Å². The number of amides is 1. The van der Waals surface area contributed by atoms with Crippen molar-refractivity contribution in [3.05, 3.63) is 42.1 Å². The first-order valence-corrected chi connectivity index (χ1v) is 13.0. The molecule has 2 fully saturated rings. The minimum atomic E-state index is -0.743. The van der Waals surface area contributed by atoms with Crippen LogP contribution in [0, 0.1) is 5.92 Å². The van der Waals surface area contributed by atoms with E-state index in [4.69, 9.17) is 14.5 Å². The van der Waals surface area contributed by atoms with E-state index in [-0.39, 0.29) is 24.1 Å². The number of aromatic nitrogens is 4. The average Bonchev–Trinajstić information content (AvgIpc) is 3.58. The summed E-state index contributed by atoms with van der Waals surface area (Å²) in [4.78, 5) is 39.9. The number of aryl methyl sites for hydroxylation is 1. The van der Waals surface area contributed by atoms with E-state index in [1.807, 2.05) is 19.1 Å². The van der Waals surface area contributed by atoms with Crippen LogP contribution < -0.4 is 9.64 Å². The molecule has 6 rings (SSSR count). The van der Waals surface area contributed by atoms with Crippen LogP contribution in [0.3, 0.4) is 0 Å². The summed E-state index contributed by atoms with van der Waals surface area (Å²) >= 11 is 0. The van der Waals surface area contributed by atoms with E-state index in [2.05, 4.69) is 14.5 Å². The van der Waals surface area contributed by atoms with Gasteiger partial charge in [0, 0.05) is 30.0 Å². The Bertz CT molecular complexity index is 1350. The number of hydrogen-bond donors (Lipinski definition) is 1. The molecule has 3 aliphatic rings. The molecule has 1 N–H and O–H groups in total. The number of carboxylic acid groups (broad SMARTS) is 1. The van der Waals surface area contributed by atoms with Crippen molar-refractivity contribution >= 4 is 28.8 Å². The molecule has 0 saturated heterocycles. The Kier molecular flexibility index (Phi) is 5.77. The molecule has 0 unspecified atom stereocenters. The molecular weight excluding hydrogens is 474 g/mol. The predicted octanol–water partition coefficient (Wildman–Crippen LogP) is 4.62. The number of hydrogen-bond acceptors (Lipinski definition) is 7. The summed E-state index contributed by atoms with van der Waals surface area (Å²) in [7, 11) is 1.40. The third-order valence-electron chi connectivity index (χ3n) is 8.14. The SMILES string of the molecule is COC(=O)N1c2ccc3c(nc(C4(Oc5cnccn5)CC4)n3[C@@H]3CCC[C@@H](C(=O)O)C3)c2CC[C@@H]1C. The van der Waals surface area contributed by atoms with E-state index < -0.39 is 11.6 Å². The highest BCUT2D eigenvalue weighted by Crippen LogP contribution is 2.52. The molecule has 3 aromatic rings. The van der Waals surface area contributed by atoms with Crippen LogP contribution in [0.15, 0.2) is 30.7 Å². The van der Waals surface area contributed by atoms with Crippen molar-refractivity contribution in [3.8, 4) is 5.88 Å². The lowest BCUT2D eigenvalue weighted by Crippen LogP contribution is -2.42. The number of ether oxygens (including phenoxy) is 2. The van der Waals surface area contributed by atoms with Crippen LogP contribution in [0.4, 0.5) is 10.5 Å². The Balaban J connectivity index is 1.51. The molecule has 0 bridgehead atoms. The van der Waals surface area contributed by atoms with E-state index in [9.17, 15) is 14.7 Å². The lowest BCUT2D eigenvalue weighted by molar-refractivity contribution is -0.143. The van der Waals surface area contributed by atoms with Gasteiger partial charge in [0.15, 0.2) is 11.4 Å². The molecule has 1 amide bonds. The number of methoxy groups -OCH3 is 1. The zero-order valence-electron chi connectivity index (χ0n) is 21.1. The number of carbonyl (C=O) groups is 2. The maximum atomic E-state index is 12.7. The van der Waals surface area contributed by atoms with Gasteiger partial charge in [-0.25, -0.2) is 14.8 Å². The van der Waals surface area contributed by atoms with Crippen molar-refractivity contribution in [2.45, 2.75) is 76.0 Å². The molecule has 2 saturated carbocycles. The van der Waals surface area contributed by atoms with Gasteiger partial charge < -0.3 is 19.1 Å². The van der Waals surface area contributed by atoms with Crippen molar-refractivity contribution < 1.29 is 24.2 Å². The Hall–Kier alpha value is -3.69. The predicted molar refractivity (Wildman–Crippen MR) is 135 cm³/mol. The molecule has 0 radical (unpaired) electrons. The number of anilines is 1. The topological polar surface area (TPSA) is 120 Å². The Morgan fingerprint density at radius 2 is 2.00 bits per heavy atom. The van der Waals surface area contributed by atoms with Crippen molar-refractivity contribution in [3.63, 3.8) is 0 Å². The first-order valence-electron chi connectivity index (χ1n) is 13.0. The standard InChI is InChI=1S/C27H31N5O5/c1-16-6-7-19-20(31(16)26(35)36-2)8-9-21-23(19)30-25(27(10-11-27)37-22-15-28-12-13-29-22)32(21)18-5-3-4-17(14-18)24(33)34/h8-9,12-13,15-18H,3-7,10-11,14H2,1-2H3,(H,33,34)/t16-,17+,18+/m0/s1. The van der Waals surface area contributed by atoms with E-state index in [1.165, 1.54) is 7.11 Å². The molecule has 194 valence electrons. The van der Waals surface area contributed by atoms with E-state index in [0.717, 1.165) is 66.6 Å². The van der Waals surface area contributed by atoms with Gasteiger partial charge in [-0.15, -0.1) is 0 Å². The van der Waals surface area contributed by atoms with Gasteiger partial charge in [0.2, 0.25) is 5.88 Å². The van der Waals surface area contributed by atoms with Gasteiger partial charge in [-0.3, -0.25) is 14.7 Å². The lowest BCUT2D eigenvalue weighted by Gasteiger charge is -2.34. The average molecular weight is 506 g/mol. The minimum Gasteiger partial charge on any atom is -0.481 e. The highest BCUT2D eigenvalue weighted by Gasteiger charge is 2.53. The monoisotopic (exact) mass is 505 g/mol. The fraction of sp³-hybridized carbons (Fsp3) is 0.519. The summed E-state index contributed by atoms with van der Waals surface area (Å²) in [5.74, 6) is 0.125. The van der Waals surface area contributed by atoms with Gasteiger partial charge in [-0.05, 0) is 64.0 Å². The number of fused-ring (bicyclic) bond motifs is 3. The summed E-state index contributed by atoms with van der Waals surface area (Å²) in [6.07, 6.45) is 10.6. The Labute approximate surface area is 214 Å². The van der Waals surface area contributed by atoms with Gasteiger partial charge in [0.05, 0.1) is 35.9 Å². The smallest absolute Gasteiger partial charge is 0.414 e. The van der Waals surface area contributed by atoms with Crippen LogP contribution in [-0.4, -0.2) is 49.8 Å². The quantitative estimate of drug-likeness (QED) is 0.534. The van der Waals surface area contributed by atoms with Crippen molar-refractivity contribution in [2.75, 3.05) is 12.0 Å². The maximum Gasteiger partial charge on any atom is 0.414 e. The van der Waals surface area contributed by atoms with Crippen LogP contribution in [0.5, 0.6) is 5.88 Å². The van der Waals surface area contributed by atoms with E-state index in [1.54, 1.807) is 23.5 Å². The molecule has 0 spiro atoms. The van der Waals surface area contributed by atoms with Crippen LogP contribution in [0.1, 0.15) is 69.3 Å². The summed E-state index contributed by atoms with van der Waals surface area (Å²) in [6, 6.07) is 4.01. The summed E-state index contributed by atoms with van der Waals surface area (Å²) in [5, 5.41) is 9.78. The molecule has 1 aliphatic heterocycles. The third kappa shape index (κ3) is 3.98. The molecule has 1 aromatic carbocycles. The molecule has 2 aromatic heterocycles. The molecule has 2 aliphatic carbocycles. The molecule has 37 heavy (non-hydrogen) atoms. The minimum absolute atomic E-state index is 0.00458. The second kappa shape index (κ2) is 9.00. The van der Waals surface area contributed by atoms with E-state index >= 15 is 0 Å². The summed E-state index contributed by atoms with van der Waals surface area (Å²) in [6.45, 7) is 2.02. The normalized spacial score (nSPS) is 24.4. The largest absolute Gasteiger partial charge is 0.481 e. The van der Waals surface area contributed by atoms with Gasteiger partial charge >= 0.3 is 12.1 Å². The first kappa shape index (κ1) is 23.7. The van der Waals surface area contributed by atoms with Crippen LogP contribution in [0.25, 0.3) is 11.0 Å². The Morgan fingerprint density at radius 3 is 2.70 bits per heavy atom. The van der Waals surface area contributed by atoms with Gasteiger partial charge in [-0.1, -0.05) is 6.42 Å². The first-order chi connectivity index (χ1) is 17.9. The zero-order valence-corrected chi connectivity index (χ0v) is 21.1. The zero-order chi connectivity index (χ0) is 25.7. The third-order valence-corrected chi connectivity index (χ3v) is 8.14. The number of aliphatic carboxylic acids is 1. The fourth-order valence-electron chi connectivity index (χ4n) is 6.11.